The molecule has 1 heterocycles. The molecule has 0 aliphatic heterocycles. The van der Waals surface area contributed by atoms with E-state index in [1.807, 2.05) is 18.2 Å². The maximum absolute atomic E-state index is 13.6. The Morgan fingerprint density at radius 1 is 1.18 bits per heavy atom. The van der Waals surface area contributed by atoms with E-state index in [1.54, 1.807) is 22.9 Å². The van der Waals surface area contributed by atoms with Crippen LogP contribution in [0.3, 0.4) is 0 Å². The van der Waals surface area contributed by atoms with Crippen LogP contribution in [0.1, 0.15) is 54.1 Å². The fraction of sp³-hybridized carbons (Fsp3) is 0.333. The predicted octanol–water partition coefficient (Wildman–Crippen LogP) is 2.94. The first kappa shape index (κ1) is 23.9. The average Bonchev–Trinajstić information content (AvgIpc) is 3.18. The largest absolute Gasteiger partial charge is 0.550 e. The van der Waals surface area contributed by atoms with E-state index in [0.29, 0.717) is 5.69 Å². The second kappa shape index (κ2) is 10.8. The van der Waals surface area contributed by atoms with Gasteiger partial charge in [0.25, 0.3) is 0 Å². The van der Waals surface area contributed by atoms with Gasteiger partial charge in [0.15, 0.2) is 0 Å². The molecule has 0 amide bonds. The Bertz CT molecular complexity index is 1140. The third-order valence-corrected chi connectivity index (χ3v) is 6.21. The lowest BCUT2D eigenvalue weighted by molar-refractivity contribution is -0.307. The van der Waals surface area contributed by atoms with Gasteiger partial charge in [-0.3, -0.25) is 0 Å². The molecule has 1 aliphatic rings. The molecule has 0 fully saturated rings. The number of aliphatic hydroxyl groups excluding tert-OH is 2. The number of carboxylic acid groups (broad SMARTS) is 1. The van der Waals surface area contributed by atoms with E-state index in [1.165, 1.54) is 23.8 Å². The minimum absolute atomic E-state index is 0.117. The number of halogens is 1. The summed E-state index contributed by atoms with van der Waals surface area (Å²) < 4.78 is 15.3. The van der Waals surface area contributed by atoms with E-state index in [9.17, 15) is 24.5 Å². The van der Waals surface area contributed by atoms with Crippen LogP contribution in [0.4, 0.5) is 4.39 Å². The quantitative estimate of drug-likeness (QED) is 0.509. The van der Waals surface area contributed by atoms with E-state index >= 15 is 0 Å². The first-order valence-electron chi connectivity index (χ1n) is 11.6. The highest BCUT2D eigenvalue weighted by Crippen LogP contribution is 2.36. The monoisotopic (exact) mass is 463 g/mol. The first-order valence-corrected chi connectivity index (χ1v) is 11.6. The number of aliphatic hydroxyl groups is 2. The average molecular weight is 464 g/mol. The van der Waals surface area contributed by atoms with Crippen molar-refractivity contribution in [3.63, 3.8) is 0 Å². The van der Waals surface area contributed by atoms with Crippen LogP contribution in [0, 0.1) is 5.82 Å². The van der Waals surface area contributed by atoms with Crippen LogP contribution in [0.25, 0.3) is 11.8 Å². The Morgan fingerprint density at radius 3 is 2.62 bits per heavy atom. The summed E-state index contributed by atoms with van der Waals surface area (Å²) in [5.41, 5.74) is 4.85. The number of hydrogen-bond acceptors (Lipinski definition) is 5. The van der Waals surface area contributed by atoms with Crippen LogP contribution in [0.2, 0.25) is 0 Å². The lowest BCUT2D eigenvalue weighted by atomic mass is 9.83. The maximum atomic E-state index is 13.6. The van der Waals surface area contributed by atoms with Crippen LogP contribution in [-0.2, 0) is 17.6 Å². The molecular formula is C27H28FN2O4-. The number of rotatable bonds is 9. The number of aromatic nitrogens is 2. The summed E-state index contributed by atoms with van der Waals surface area (Å²) in [7, 11) is 0. The Morgan fingerprint density at radius 2 is 1.91 bits per heavy atom. The maximum Gasteiger partial charge on any atom is 0.123 e. The number of nitrogens with zero attached hydrogens (tertiary/aromatic N) is 2. The van der Waals surface area contributed by atoms with Crippen molar-refractivity contribution < 1.29 is 24.5 Å². The van der Waals surface area contributed by atoms with Gasteiger partial charge in [0.1, 0.15) is 5.82 Å². The number of carbonyl (C=O) groups is 1. The van der Waals surface area contributed by atoms with Gasteiger partial charge in [-0.15, -0.1) is 0 Å². The summed E-state index contributed by atoms with van der Waals surface area (Å²) in [6.07, 6.45) is 4.15. The molecule has 2 aromatic carbocycles. The highest BCUT2D eigenvalue weighted by atomic mass is 19.1. The molecule has 1 aromatic heterocycles. The highest BCUT2D eigenvalue weighted by molar-refractivity contribution is 5.64. The van der Waals surface area contributed by atoms with Crippen molar-refractivity contribution in [2.45, 2.75) is 56.7 Å². The second-order valence-electron chi connectivity index (χ2n) is 8.81. The minimum Gasteiger partial charge on any atom is -0.550 e. The van der Waals surface area contributed by atoms with Gasteiger partial charge in [0.05, 0.1) is 29.3 Å². The molecule has 4 rings (SSSR count). The van der Waals surface area contributed by atoms with E-state index in [4.69, 9.17) is 5.10 Å². The number of aliphatic carboxylic acids is 1. The molecule has 0 radical (unpaired) electrons. The molecule has 0 saturated carbocycles. The Kier molecular flexibility index (Phi) is 7.55. The molecule has 6 nitrogen and oxygen atoms in total. The minimum atomic E-state index is -1.36. The standard InChI is InChI=1S/C27H29FN2O4/c28-20-9-11-21(12-10-20)30-25(14-13-22(31)16-23(32)17-26(33)34)24-8-4-7-19(27(24)29-30)15-18-5-2-1-3-6-18/h1-3,5-6,9-14,19,22-23,31-32H,4,7-8,15-17H2,(H,33,34)/p-1/b14-13+/t19?,22-,23-/m1/s1. The number of carbonyl (C=O) groups excluding carboxylic acids is 1. The van der Waals surface area contributed by atoms with Crippen molar-refractivity contribution in [3.05, 3.63) is 89.0 Å². The van der Waals surface area contributed by atoms with Crippen molar-refractivity contribution in [2.24, 2.45) is 0 Å². The second-order valence-corrected chi connectivity index (χ2v) is 8.81. The van der Waals surface area contributed by atoms with Gasteiger partial charge in [-0.2, -0.15) is 5.10 Å². The van der Waals surface area contributed by atoms with Gasteiger partial charge in [-0.05, 0) is 61.6 Å². The molecule has 0 bridgehead atoms. The highest BCUT2D eigenvalue weighted by Gasteiger charge is 2.28. The predicted molar refractivity (Wildman–Crippen MR) is 125 cm³/mol. The summed E-state index contributed by atoms with van der Waals surface area (Å²) in [5, 5.41) is 35.8. The summed E-state index contributed by atoms with van der Waals surface area (Å²) in [5.74, 6) is -1.46. The molecule has 7 heteroatoms. The van der Waals surface area contributed by atoms with Crippen molar-refractivity contribution in [3.8, 4) is 5.69 Å². The molecular weight excluding hydrogens is 435 g/mol. The van der Waals surface area contributed by atoms with E-state index in [0.717, 1.165) is 42.6 Å². The zero-order valence-electron chi connectivity index (χ0n) is 18.8. The van der Waals surface area contributed by atoms with Crippen LogP contribution >= 0.6 is 0 Å². The SMILES string of the molecule is O=C([O-])C[C@H](O)C[C@H](O)/C=C/c1c2c(nn1-c1ccc(F)cc1)C(Cc1ccccc1)CCC2. The molecule has 3 atom stereocenters. The Balaban J connectivity index is 1.66. The van der Waals surface area contributed by atoms with Gasteiger partial charge in [0, 0.05) is 30.3 Å². The smallest absolute Gasteiger partial charge is 0.123 e. The van der Waals surface area contributed by atoms with Crippen molar-refractivity contribution in [2.75, 3.05) is 0 Å². The van der Waals surface area contributed by atoms with Crippen LogP contribution < -0.4 is 5.11 Å². The first-order chi connectivity index (χ1) is 16.4. The zero-order valence-corrected chi connectivity index (χ0v) is 18.8. The lowest BCUT2D eigenvalue weighted by Crippen LogP contribution is -2.29. The summed E-state index contributed by atoms with van der Waals surface area (Å²) in [6, 6.07) is 16.4. The normalized spacial score (nSPS) is 17.4. The number of benzene rings is 2. The van der Waals surface area contributed by atoms with E-state index < -0.39 is 24.6 Å². The van der Waals surface area contributed by atoms with Gasteiger partial charge in [-0.25, -0.2) is 9.07 Å². The van der Waals surface area contributed by atoms with E-state index in [-0.39, 0.29) is 18.2 Å². The van der Waals surface area contributed by atoms with Crippen molar-refractivity contribution in [1.82, 2.24) is 9.78 Å². The van der Waals surface area contributed by atoms with Crippen LogP contribution in [-0.4, -0.2) is 38.2 Å². The summed E-state index contributed by atoms with van der Waals surface area (Å²) in [4.78, 5) is 10.7. The fourth-order valence-corrected chi connectivity index (χ4v) is 4.61. The molecule has 34 heavy (non-hydrogen) atoms. The zero-order chi connectivity index (χ0) is 24.1. The number of carboxylic acids is 1. The summed E-state index contributed by atoms with van der Waals surface area (Å²) in [6.45, 7) is 0. The van der Waals surface area contributed by atoms with E-state index in [2.05, 4.69) is 12.1 Å². The molecule has 3 aromatic rings. The molecule has 0 saturated heterocycles. The molecule has 1 aliphatic carbocycles. The summed E-state index contributed by atoms with van der Waals surface area (Å²) >= 11 is 0. The number of hydrogen-bond donors (Lipinski definition) is 2. The van der Waals surface area contributed by atoms with Crippen LogP contribution in [0.15, 0.2) is 60.7 Å². The van der Waals surface area contributed by atoms with Crippen molar-refractivity contribution >= 4 is 12.0 Å². The fourth-order valence-electron chi connectivity index (χ4n) is 4.61. The van der Waals surface area contributed by atoms with Crippen molar-refractivity contribution in [1.29, 1.82) is 0 Å². The van der Waals surface area contributed by atoms with Gasteiger partial charge >= 0.3 is 0 Å². The molecule has 1 unspecified atom stereocenters. The topological polar surface area (TPSA) is 98.4 Å². The Hall–Kier alpha value is -3.29. The van der Waals surface area contributed by atoms with Gasteiger partial charge in [-0.1, -0.05) is 36.4 Å². The molecule has 0 spiro atoms. The Labute approximate surface area is 198 Å². The van der Waals surface area contributed by atoms with Gasteiger partial charge in [0.2, 0.25) is 0 Å². The van der Waals surface area contributed by atoms with Crippen LogP contribution in [0.5, 0.6) is 0 Å². The molecule has 2 N–H and O–H groups in total. The lowest BCUT2D eigenvalue weighted by Gasteiger charge is -2.21. The third-order valence-electron chi connectivity index (χ3n) is 6.21. The third kappa shape index (κ3) is 5.79. The van der Waals surface area contributed by atoms with Gasteiger partial charge < -0.3 is 20.1 Å². The molecule has 178 valence electrons. The number of fused-ring (bicyclic) bond motifs is 1.